The van der Waals surface area contributed by atoms with Gasteiger partial charge in [0.1, 0.15) is 0 Å². The molecule has 0 spiro atoms. The van der Waals surface area contributed by atoms with Crippen LogP contribution in [0.15, 0.2) is 0 Å². The molecule has 0 aromatic heterocycles. The van der Waals surface area contributed by atoms with Crippen molar-refractivity contribution in [1.29, 1.82) is 0 Å². The van der Waals surface area contributed by atoms with E-state index in [0.29, 0.717) is 42.7 Å². The van der Waals surface area contributed by atoms with E-state index in [2.05, 4.69) is 0 Å². The number of nitrogens with zero attached hydrogens (tertiary/aromatic N) is 2. The lowest BCUT2D eigenvalue weighted by atomic mass is 9.53. The Morgan fingerprint density at radius 1 is 0.688 bits per heavy atom. The van der Waals surface area contributed by atoms with Crippen molar-refractivity contribution < 1.29 is 39.2 Å². The molecular weight excluding hydrogens is 622 g/mol. The SMILES string of the molecule is C.C.C.CCOC(=O)C[C@@]1(C[N+](=O)[O-])C[C@H]2CCC[C@H]21.NC[C@]1(CC(=O)O)C[C@H]2CCC[C@H]21.O=C(O)C[C@@]1(C[N+](=O)[O-])C[C@H]2CCC[C@H]21. The third-order valence-electron chi connectivity index (χ3n) is 12.4. The lowest BCUT2D eigenvalue weighted by Crippen LogP contribution is -2.51. The summed E-state index contributed by atoms with van der Waals surface area (Å²) in [6, 6.07) is 0. The number of fused-ring (bicyclic) bond motifs is 3. The Labute approximate surface area is 286 Å². The van der Waals surface area contributed by atoms with Gasteiger partial charge in [0.15, 0.2) is 0 Å². The molecule has 6 rings (SSSR count). The van der Waals surface area contributed by atoms with Crippen molar-refractivity contribution >= 4 is 17.9 Å². The van der Waals surface area contributed by atoms with E-state index in [4.69, 9.17) is 20.7 Å². The Bertz CT molecular complexity index is 1120. The first-order chi connectivity index (χ1) is 21.3. The highest BCUT2D eigenvalue weighted by Gasteiger charge is 2.60. The first kappa shape index (κ1) is 43.2. The molecule has 13 nitrogen and oxygen atoms in total. The minimum Gasteiger partial charge on any atom is -0.481 e. The van der Waals surface area contributed by atoms with Crippen molar-refractivity contribution in [2.24, 2.45) is 57.5 Å². The fourth-order valence-electron chi connectivity index (χ4n) is 10.8. The van der Waals surface area contributed by atoms with E-state index in [0.717, 1.165) is 57.3 Å². The zero-order valence-electron chi connectivity index (χ0n) is 26.5. The predicted octanol–water partition coefficient (Wildman–Crippen LogP) is 6.70. The third kappa shape index (κ3) is 9.24. The molecule has 0 aromatic carbocycles. The molecule has 0 aromatic rings. The molecule has 13 heteroatoms. The molecule has 6 fully saturated rings. The topological polar surface area (TPSA) is 213 Å². The molecule has 6 aliphatic rings. The summed E-state index contributed by atoms with van der Waals surface area (Å²) >= 11 is 0. The lowest BCUT2D eigenvalue weighted by Gasteiger charge is -2.51. The summed E-state index contributed by atoms with van der Waals surface area (Å²) in [5, 5.41) is 39.0. The van der Waals surface area contributed by atoms with E-state index in [1.165, 1.54) is 25.7 Å². The molecule has 0 heterocycles. The Hall–Kier alpha value is -2.83. The van der Waals surface area contributed by atoms with Gasteiger partial charge in [0.2, 0.25) is 13.1 Å². The van der Waals surface area contributed by atoms with Crippen molar-refractivity contribution in [3.05, 3.63) is 20.2 Å². The zero-order valence-corrected chi connectivity index (χ0v) is 26.5. The van der Waals surface area contributed by atoms with Crippen LogP contribution in [0.4, 0.5) is 0 Å². The van der Waals surface area contributed by atoms with Gasteiger partial charge in [-0.05, 0) is 92.9 Å². The number of esters is 1. The number of rotatable bonds is 12. The van der Waals surface area contributed by atoms with Gasteiger partial charge in [-0.15, -0.1) is 0 Å². The zero-order chi connectivity index (χ0) is 33.0. The van der Waals surface area contributed by atoms with Gasteiger partial charge < -0.3 is 20.7 Å². The number of carboxylic acid groups (broad SMARTS) is 2. The van der Waals surface area contributed by atoms with Crippen molar-refractivity contribution in [1.82, 2.24) is 0 Å². The fourth-order valence-corrected chi connectivity index (χ4v) is 10.8. The Balaban J connectivity index is 0.000000352. The second-order valence-corrected chi connectivity index (χ2v) is 14.9. The monoisotopic (exact) mass is 685 g/mol. The van der Waals surface area contributed by atoms with Gasteiger partial charge in [-0.2, -0.15) is 0 Å². The van der Waals surface area contributed by atoms with Crippen LogP contribution in [0.1, 0.15) is 126 Å². The van der Waals surface area contributed by atoms with Crippen LogP contribution in [0, 0.1) is 72.0 Å². The quantitative estimate of drug-likeness (QED) is 0.112. The van der Waals surface area contributed by atoms with Crippen LogP contribution < -0.4 is 5.73 Å². The predicted molar refractivity (Wildman–Crippen MR) is 182 cm³/mol. The molecular formula is C35H63N3O10. The number of carbonyl (C=O) groups excluding carboxylic acids is 1. The number of nitrogens with two attached hydrogens (primary N) is 1. The van der Waals surface area contributed by atoms with Gasteiger partial charge in [-0.3, -0.25) is 34.6 Å². The normalized spacial score (nSPS) is 35.8. The summed E-state index contributed by atoms with van der Waals surface area (Å²) in [5.74, 6) is 1.39. The lowest BCUT2D eigenvalue weighted by molar-refractivity contribution is -0.506. The Morgan fingerprint density at radius 2 is 1.04 bits per heavy atom. The van der Waals surface area contributed by atoms with Crippen LogP contribution in [0.3, 0.4) is 0 Å². The van der Waals surface area contributed by atoms with Crippen LogP contribution in [0.5, 0.6) is 0 Å². The van der Waals surface area contributed by atoms with E-state index in [1.54, 1.807) is 6.92 Å². The highest BCUT2D eigenvalue weighted by atomic mass is 16.6. The summed E-state index contributed by atoms with van der Waals surface area (Å²) in [7, 11) is 0. The Kier molecular flexibility index (Phi) is 15.9. The largest absolute Gasteiger partial charge is 0.481 e. The first-order valence-electron chi connectivity index (χ1n) is 16.8. The summed E-state index contributed by atoms with van der Waals surface area (Å²) < 4.78 is 4.94. The number of ether oxygens (including phenoxy) is 1. The molecule has 6 aliphatic carbocycles. The van der Waals surface area contributed by atoms with Crippen molar-refractivity contribution in [2.45, 2.75) is 126 Å². The molecule has 0 aliphatic heterocycles. The number of aliphatic carboxylic acids is 2. The summed E-state index contributed by atoms with van der Waals surface area (Å²) in [6.07, 6.45) is 13.5. The molecule has 0 bridgehead atoms. The van der Waals surface area contributed by atoms with E-state index in [9.17, 15) is 34.6 Å². The second kappa shape index (κ2) is 17.7. The highest BCUT2D eigenvalue weighted by Crippen LogP contribution is 2.62. The second-order valence-electron chi connectivity index (χ2n) is 14.9. The van der Waals surface area contributed by atoms with Crippen LogP contribution in [0.2, 0.25) is 0 Å². The maximum Gasteiger partial charge on any atom is 0.306 e. The summed E-state index contributed by atoms with van der Waals surface area (Å²) in [4.78, 5) is 53.8. The minimum atomic E-state index is -0.901. The molecule has 0 unspecified atom stereocenters. The fraction of sp³-hybridized carbons (Fsp3) is 0.914. The van der Waals surface area contributed by atoms with Gasteiger partial charge >= 0.3 is 17.9 Å². The van der Waals surface area contributed by atoms with Gasteiger partial charge in [0.25, 0.3) is 0 Å². The maximum absolute atomic E-state index is 11.6. The molecule has 0 saturated heterocycles. The summed E-state index contributed by atoms with van der Waals surface area (Å²) in [6.45, 7) is 2.42. The maximum atomic E-state index is 11.6. The van der Waals surface area contributed by atoms with Gasteiger partial charge in [0, 0.05) is 20.7 Å². The van der Waals surface area contributed by atoms with E-state index < -0.39 is 22.8 Å². The Morgan fingerprint density at radius 3 is 1.38 bits per heavy atom. The molecule has 6 saturated carbocycles. The van der Waals surface area contributed by atoms with Crippen LogP contribution in [-0.2, 0) is 19.1 Å². The van der Waals surface area contributed by atoms with Gasteiger partial charge in [-0.1, -0.05) is 60.8 Å². The number of carboxylic acids is 2. The van der Waals surface area contributed by atoms with Crippen molar-refractivity contribution in [3.8, 4) is 0 Å². The average Bonchev–Trinajstić information content (AvgIpc) is 3.63. The number of carbonyl (C=O) groups is 3. The third-order valence-corrected chi connectivity index (χ3v) is 12.4. The van der Waals surface area contributed by atoms with Crippen LogP contribution in [0.25, 0.3) is 0 Å². The smallest absolute Gasteiger partial charge is 0.306 e. The van der Waals surface area contributed by atoms with Gasteiger partial charge in [-0.25, -0.2) is 0 Å². The number of hydrogen-bond acceptors (Lipinski definition) is 9. The van der Waals surface area contributed by atoms with E-state index in [1.807, 2.05) is 0 Å². The van der Waals surface area contributed by atoms with E-state index >= 15 is 0 Å². The standard InChI is InChI=1S/C12H19NO4.C10H15NO4.C10H17NO2.3CH4/c1-2-17-11(14)7-12(8-13(15)16)6-9-4-3-5-10(9)12;12-9(13)5-10(6-11(14)15)4-7-2-1-3-8(7)10;11-6-10(5-9(12)13)4-7-2-1-3-8(7)10;;;/h9-10H,2-8H2,1H3;7-8H,1-6H2,(H,12,13);7-8H,1-6,11H2,(H,12,13);3*1H4/t9-,10-,12-;2*7-,8-,10-;;;/m111.../s1. The molecule has 278 valence electrons. The number of hydrogen-bond donors (Lipinski definition) is 3. The molecule has 9 atom stereocenters. The number of nitro groups is 2. The van der Waals surface area contributed by atoms with E-state index in [-0.39, 0.29) is 75.9 Å². The molecule has 48 heavy (non-hydrogen) atoms. The summed E-state index contributed by atoms with van der Waals surface area (Å²) in [5.41, 5.74) is 4.74. The molecule has 4 N–H and O–H groups in total. The molecule has 0 amide bonds. The van der Waals surface area contributed by atoms with Crippen LogP contribution >= 0.6 is 0 Å². The molecule has 0 radical (unpaired) electrons. The highest BCUT2D eigenvalue weighted by molar-refractivity contribution is 5.70. The average molecular weight is 686 g/mol. The minimum absolute atomic E-state index is 0. The first-order valence-corrected chi connectivity index (χ1v) is 16.8. The van der Waals surface area contributed by atoms with Crippen LogP contribution in [-0.4, -0.2) is 64.2 Å². The van der Waals surface area contributed by atoms with Crippen molar-refractivity contribution in [3.63, 3.8) is 0 Å². The van der Waals surface area contributed by atoms with Crippen molar-refractivity contribution in [2.75, 3.05) is 26.2 Å². The van der Waals surface area contributed by atoms with Gasteiger partial charge in [0.05, 0.1) is 25.9 Å².